The van der Waals surface area contributed by atoms with Crippen LogP contribution in [-0.4, -0.2) is 14.8 Å². The fraction of sp³-hybridized carbons (Fsp3) is 0.300. The van der Waals surface area contributed by atoms with Crippen molar-refractivity contribution in [2.75, 3.05) is 0 Å². The van der Waals surface area contributed by atoms with Gasteiger partial charge in [-0.2, -0.15) is 5.10 Å². The monoisotopic (exact) mass is 318 g/mol. The molecule has 122 valence electrons. The average Bonchev–Trinajstić information content (AvgIpc) is 3.05. The molecular weight excluding hydrogens is 296 g/mol. The van der Waals surface area contributed by atoms with E-state index in [2.05, 4.69) is 56.5 Å². The Morgan fingerprint density at radius 2 is 1.96 bits per heavy atom. The van der Waals surface area contributed by atoms with E-state index in [9.17, 15) is 0 Å². The second-order valence-corrected chi connectivity index (χ2v) is 6.34. The molecule has 1 atom stereocenters. The van der Waals surface area contributed by atoms with E-state index in [4.69, 9.17) is 0 Å². The molecule has 0 fully saturated rings. The summed E-state index contributed by atoms with van der Waals surface area (Å²) in [7, 11) is 0. The summed E-state index contributed by atoms with van der Waals surface area (Å²) < 4.78 is 2.17. The molecule has 3 aromatic rings. The van der Waals surface area contributed by atoms with Gasteiger partial charge in [0, 0.05) is 30.0 Å². The minimum Gasteiger partial charge on any atom is -0.304 e. The van der Waals surface area contributed by atoms with Gasteiger partial charge in [-0.05, 0) is 37.0 Å². The van der Waals surface area contributed by atoms with Crippen molar-refractivity contribution in [1.29, 1.82) is 0 Å². The molecule has 4 nitrogen and oxygen atoms in total. The molecule has 4 rings (SSSR count). The standard InChI is InChI=1S/C20H22N4/c1-2-7-16(8-3-1)15-24-20-11-6-10-19(18(20)14-23-24)22-13-17-9-4-5-12-21-17/h1-5,7-9,12,14,19,22H,6,10-11,13,15H2/t19-/m1/s1. The van der Waals surface area contributed by atoms with E-state index in [1.54, 1.807) is 0 Å². The predicted molar refractivity (Wildman–Crippen MR) is 94.5 cm³/mol. The summed E-state index contributed by atoms with van der Waals surface area (Å²) in [6.45, 7) is 1.65. The number of nitrogens with one attached hydrogen (secondary N) is 1. The van der Waals surface area contributed by atoms with Crippen LogP contribution >= 0.6 is 0 Å². The molecule has 1 N–H and O–H groups in total. The topological polar surface area (TPSA) is 42.7 Å². The minimum absolute atomic E-state index is 0.375. The van der Waals surface area contributed by atoms with Crippen molar-refractivity contribution in [2.24, 2.45) is 0 Å². The van der Waals surface area contributed by atoms with Crippen molar-refractivity contribution in [1.82, 2.24) is 20.1 Å². The molecule has 0 saturated heterocycles. The molecule has 4 heteroatoms. The molecule has 1 aliphatic rings. The Morgan fingerprint density at radius 1 is 1.08 bits per heavy atom. The van der Waals surface area contributed by atoms with Crippen LogP contribution in [0.1, 0.15) is 41.4 Å². The summed E-state index contributed by atoms with van der Waals surface area (Å²) >= 11 is 0. The van der Waals surface area contributed by atoms with E-state index < -0.39 is 0 Å². The molecule has 1 aliphatic carbocycles. The summed E-state index contributed by atoms with van der Waals surface area (Å²) in [5.74, 6) is 0. The largest absolute Gasteiger partial charge is 0.304 e. The van der Waals surface area contributed by atoms with Gasteiger partial charge in [-0.1, -0.05) is 36.4 Å². The number of aromatic nitrogens is 3. The van der Waals surface area contributed by atoms with Crippen LogP contribution < -0.4 is 5.32 Å². The van der Waals surface area contributed by atoms with Gasteiger partial charge in [0.2, 0.25) is 0 Å². The Morgan fingerprint density at radius 3 is 2.79 bits per heavy atom. The maximum absolute atomic E-state index is 4.66. The number of nitrogens with zero attached hydrogens (tertiary/aromatic N) is 3. The van der Waals surface area contributed by atoms with Crippen LogP contribution in [0.2, 0.25) is 0 Å². The van der Waals surface area contributed by atoms with Crippen molar-refractivity contribution in [3.05, 3.63) is 83.4 Å². The highest BCUT2D eigenvalue weighted by atomic mass is 15.3. The average molecular weight is 318 g/mol. The molecule has 0 bridgehead atoms. The Balaban J connectivity index is 1.49. The van der Waals surface area contributed by atoms with Gasteiger partial charge in [-0.25, -0.2) is 0 Å². The van der Waals surface area contributed by atoms with Gasteiger partial charge in [-0.3, -0.25) is 9.67 Å². The lowest BCUT2D eigenvalue weighted by atomic mass is 9.93. The van der Waals surface area contributed by atoms with Gasteiger partial charge in [-0.15, -0.1) is 0 Å². The van der Waals surface area contributed by atoms with E-state index in [1.807, 2.05) is 24.5 Å². The molecule has 2 aromatic heterocycles. The first kappa shape index (κ1) is 15.1. The van der Waals surface area contributed by atoms with E-state index in [0.29, 0.717) is 6.04 Å². The maximum atomic E-state index is 4.66. The van der Waals surface area contributed by atoms with Gasteiger partial charge >= 0.3 is 0 Å². The molecule has 0 spiro atoms. The summed E-state index contributed by atoms with van der Waals surface area (Å²) in [6, 6.07) is 17.0. The third kappa shape index (κ3) is 3.24. The third-order valence-electron chi connectivity index (χ3n) is 4.69. The molecule has 1 aromatic carbocycles. The van der Waals surface area contributed by atoms with Crippen LogP contribution in [0.15, 0.2) is 60.9 Å². The summed E-state index contributed by atoms with van der Waals surface area (Å²) in [5, 5.41) is 8.31. The zero-order valence-corrected chi connectivity index (χ0v) is 13.7. The Hall–Kier alpha value is -2.46. The van der Waals surface area contributed by atoms with Crippen molar-refractivity contribution in [2.45, 2.75) is 38.4 Å². The molecular formula is C20H22N4. The molecule has 0 saturated carbocycles. The number of benzene rings is 1. The molecule has 24 heavy (non-hydrogen) atoms. The molecule has 0 unspecified atom stereocenters. The van der Waals surface area contributed by atoms with Gasteiger partial charge in [0.15, 0.2) is 0 Å². The number of rotatable bonds is 5. The highest BCUT2D eigenvalue weighted by Crippen LogP contribution is 2.30. The van der Waals surface area contributed by atoms with Crippen LogP contribution in [0.5, 0.6) is 0 Å². The van der Waals surface area contributed by atoms with Gasteiger partial charge in [0.05, 0.1) is 18.4 Å². The minimum atomic E-state index is 0.375. The molecule has 2 heterocycles. The lowest BCUT2D eigenvalue weighted by molar-refractivity contribution is 0.447. The predicted octanol–water partition coefficient (Wildman–Crippen LogP) is 3.49. The van der Waals surface area contributed by atoms with Crippen molar-refractivity contribution < 1.29 is 0 Å². The second-order valence-electron chi connectivity index (χ2n) is 6.34. The molecule has 0 radical (unpaired) electrons. The molecule has 0 amide bonds. The fourth-order valence-corrected chi connectivity index (χ4v) is 3.45. The van der Waals surface area contributed by atoms with E-state index in [0.717, 1.165) is 31.6 Å². The zero-order chi connectivity index (χ0) is 16.2. The summed E-state index contributed by atoms with van der Waals surface area (Å²) in [4.78, 5) is 4.40. The first-order valence-corrected chi connectivity index (χ1v) is 8.62. The van der Waals surface area contributed by atoms with E-state index >= 15 is 0 Å². The van der Waals surface area contributed by atoms with E-state index in [1.165, 1.54) is 23.2 Å². The molecule has 0 aliphatic heterocycles. The highest BCUT2D eigenvalue weighted by Gasteiger charge is 2.23. The maximum Gasteiger partial charge on any atom is 0.0662 e. The van der Waals surface area contributed by atoms with Crippen molar-refractivity contribution in [3.8, 4) is 0 Å². The Labute approximate surface area is 142 Å². The third-order valence-corrected chi connectivity index (χ3v) is 4.69. The van der Waals surface area contributed by atoms with Crippen LogP contribution in [0, 0.1) is 0 Å². The quantitative estimate of drug-likeness (QED) is 0.783. The normalized spacial score (nSPS) is 16.8. The first-order chi connectivity index (χ1) is 11.9. The van der Waals surface area contributed by atoms with Crippen LogP contribution in [0.3, 0.4) is 0 Å². The zero-order valence-electron chi connectivity index (χ0n) is 13.7. The number of fused-ring (bicyclic) bond motifs is 1. The van der Waals surface area contributed by atoms with E-state index in [-0.39, 0.29) is 0 Å². The SMILES string of the molecule is c1ccc(Cn2ncc3c2CCC[C@H]3NCc2ccccn2)cc1. The number of hydrogen-bond donors (Lipinski definition) is 1. The van der Waals surface area contributed by atoms with Crippen molar-refractivity contribution >= 4 is 0 Å². The first-order valence-electron chi connectivity index (χ1n) is 8.62. The van der Waals surface area contributed by atoms with Gasteiger partial charge < -0.3 is 5.32 Å². The van der Waals surface area contributed by atoms with Crippen LogP contribution in [-0.2, 0) is 19.5 Å². The van der Waals surface area contributed by atoms with Gasteiger partial charge in [0.25, 0.3) is 0 Å². The fourth-order valence-electron chi connectivity index (χ4n) is 3.45. The van der Waals surface area contributed by atoms with Crippen LogP contribution in [0.4, 0.5) is 0 Å². The second kappa shape index (κ2) is 6.97. The highest BCUT2D eigenvalue weighted by molar-refractivity contribution is 5.26. The number of hydrogen-bond acceptors (Lipinski definition) is 3. The Kier molecular flexibility index (Phi) is 4.38. The van der Waals surface area contributed by atoms with Gasteiger partial charge in [0.1, 0.15) is 0 Å². The summed E-state index contributed by atoms with van der Waals surface area (Å²) in [6.07, 6.45) is 7.38. The van der Waals surface area contributed by atoms with Crippen LogP contribution in [0.25, 0.3) is 0 Å². The number of pyridine rings is 1. The summed E-state index contributed by atoms with van der Waals surface area (Å²) in [5.41, 5.74) is 5.12. The lowest BCUT2D eigenvalue weighted by Crippen LogP contribution is -2.25. The Bertz CT molecular complexity index is 780. The van der Waals surface area contributed by atoms with Crippen molar-refractivity contribution in [3.63, 3.8) is 0 Å². The lowest BCUT2D eigenvalue weighted by Gasteiger charge is -2.24. The smallest absolute Gasteiger partial charge is 0.0662 e.